The van der Waals surface area contributed by atoms with Crippen LogP contribution in [0.5, 0.6) is 0 Å². The third-order valence-electron chi connectivity index (χ3n) is 4.61. The van der Waals surface area contributed by atoms with Gasteiger partial charge in [-0.3, -0.25) is 4.90 Å². The van der Waals surface area contributed by atoms with E-state index in [1.165, 1.54) is 50.8 Å². The van der Waals surface area contributed by atoms with Crippen molar-refractivity contribution in [3.8, 4) is 0 Å². The van der Waals surface area contributed by atoms with Gasteiger partial charge in [-0.15, -0.1) is 0 Å². The molecule has 1 atom stereocenters. The van der Waals surface area contributed by atoms with Gasteiger partial charge in [-0.05, 0) is 50.6 Å². The minimum absolute atomic E-state index is 0.564. The average molecular weight is 273 g/mol. The van der Waals surface area contributed by atoms with Crippen molar-refractivity contribution in [1.29, 1.82) is 0 Å². The molecule has 1 saturated heterocycles. The van der Waals surface area contributed by atoms with Crippen LogP contribution in [0.15, 0.2) is 18.3 Å². The molecule has 1 aromatic rings. The van der Waals surface area contributed by atoms with Crippen LogP contribution in [0.3, 0.4) is 0 Å². The molecule has 2 fully saturated rings. The van der Waals surface area contributed by atoms with Gasteiger partial charge in [0.25, 0.3) is 0 Å². The van der Waals surface area contributed by atoms with E-state index in [-0.39, 0.29) is 0 Å². The van der Waals surface area contributed by atoms with E-state index in [0.29, 0.717) is 12.1 Å². The molecule has 2 aliphatic rings. The summed E-state index contributed by atoms with van der Waals surface area (Å²) >= 11 is 0. The van der Waals surface area contributed by atoms with Gasteiger partial charge in [0.05, 0.1) is 0 Å². The van der Waals surface area contributed by atoms with Crippen LogP contribution in [-0.4, -0.2) is 29.0 Å². The fourth-order valence-corrected chi connectivity index (χ4v) is 3.42. The summed E-state index contributed by atoms with van der Waals surface area (Å²) in [4.78, 5) is 7.27. The number of hydrogen-bond acceptors (Lipinski definition) is 3. The molecule has 0 spiro atoms. The summed E-state index contributed by atoms with van der Waals surface area (Å²) in [6, 6.07) is 5.59. The highest BCUT2D eigenvalue weighted by Crippen LogP contribution is 2.36. The van der Waals surface area contributed by atoms with Crippen molar-refractivity contribution >= 4 is 5.82 Å². The molecule has 1 saturated carbocycles. The maximum Gasteiger partial charge on any atom is 0.130 e. The molecule has 110 valence electrons. The zero-order valence-electron chi connectivity index (χ0n) is 12.8. The van der Waals surface area contributed by atoms with Crippen molar-refractivity contribution in [1.82, 2.24) is 9.88 Å². The molecule has 0 radical (unpaired) electrons. The van der Waals surface area contributed by atoms with Crippen molar-refractivity contribution in [2.75, 3.05) is 18.4 Å². The number of likely N-dealkylation sites (tertiary alicyclic amines) is 1. The summed E-state index contributed by atoms with van der Waals surface area (Å²) in [7, 11) is 0. The number of aromatic nitrogens is 1. The lowest BCUT2D eigenvalue weighted by atomic mass is 9.92. The van der Waals surface area contributed by atoms with Crippen LogP contribution in [0.25, 0.3) is 0 Å². The Morgan fingerprint density at radius 2 is 2.15 bits per heavy atom. The minimum atomic E-state index is 0.564. The SMILES string of the molecule is CC(C)CN1CCC[C@@H]1c1cccnc1NC1CCC1. The van der Waals surface area contributed by atoms with Crippen LogP contribution in [0, 0.1) is 5.92 Å². The molecular weight excluding hydrogens is 246 g/mol. The quantitative estimate of drug-likeness (QED) is 0.883. The second-order valence-corrected chi connectivity index (χ2v) is 6.76. The monoisotopic (exact) mass is 273 g/mol. The summed E-state index contributed by atoms with van der Waals surface area (Å²) in [5.74, 6) is 1.87. The van der Waals surface area contributed by atoms with Crippen LogP contribution in [0.2, 0.25) is 0 Å². The van der Waals surface area contributed by atoms with E-state index in [9.17, 15) is 0 Å². The zero-order valence-corrected chi connectivity index (χ0v) is 12.8. The molecule has 2 heterocycles. The predicted octanol–water partition coefficient (Wildman–Crippen LogP) is 3.84. The van der Waals surface area contributed by atoms with Crippen molar-refractivity contribution in [3.63, 3.8) is 0 Å². The number of nitrogens with one attached hydrogen (secondary N) is 1. The van der Waals surface area contributed by atoms with Gasteiger partial charge >= 0.3 is 0 Å². The van der Waals surface area contributed by atoms with Gasteiger partial charge in [0, 0.05) is 30.4 Å². The molecule has 1 aliphatic carbocycles. The molecule has 20 heavy (non-hydrogen) atoms. The smallest absolute Gasteiger partial charge is 0.130 e. The van der Waals surface area contributed by atoms with E-state index in [2.05, 4.69) is 41.2 Å². The van der Waals surface area contributed by atoms with Crippen LogP contribution < -0.4 is 5.32 Å². The molecule has 3 nitrogen and oxygen atoms in total. The minimum Gasteiger partial charge on any atom is -0.367 e. The first-order chi connectivity index (χ1) is 9.74. The lowest BCUT2D eigenvalue weighted by Crippen LogP contribution is -2.31. The maximum atomic E-state index is 4.62. The molecule has 3 heteroatoms. The number of rotatable bonds is 5. The molecule has 3 rings (SSSR count). The molecule has 1 aliphatic heterocycles. The van der Waals surface area contributed by atoms with E-state index in [1.54, 1.807) is 0 Å². The molecule has 0 bridgehead atoms. The van der Waals surface area contributed by atoms with Gasteiger partial charge < -0.3 is 5.32 Å². The molecule has 0 aromatic carbocycles. The fourth-order valence-electron chi connectivity index (χ4n) is 3.42. The Balaban J connectivity index is 1.77. The lowest BCUT2D eigenvalue weighted by molar-refractivity contribution is 0.229. The third-order valence-corrected chi connectivity index (χ3v) is 4.61. The van der Waals surface area contributed by atoms with Crippen LogP contribution in [0.1, 0.15) is 57.6 Å². The van der Waals surface area contributed by atoms with Gasteiger partial charge in [-0.1, -0.05) is 19.9 Å². The largest absolute Gasteiger partial charge is 0.367 e. The van der Waals surface area contributed by atoms with Crippen LogP contribution >= 0.6 is 0 Å². The van der Waals surface area contributed by atoms with Crippen molar-refractivity contribution in [2.45, 2.75) is 58.0 Å². The first kappa shape index (κ1) is 13.9. The Morgan fingerprint density at radius 3 is 2.85 bits per heavy atom. The van der Waals surface area contributed by atoms with Crippen molar-refractivity contribution in [3.05, 3.63) is 23.9 Å². The summed E-state index contributed by atoms with van der Waals surface area (Å²) in [5.41, 5.74) is 1.41. The lowest BCUT2D eigenvalue weighted by Gasteiger charge is -2.31. The van der Waals surface area contributed by atoms with E-state index in [4.69, 9.17) is 0 Å². The Kier molecular flexibility index (Phi) is 4.25. The highest BCUT2D eigenvalue weighted by molar-refractivity contribution is 5.47. The van der Waals surface area contributed by atoms with Gasteiger partial charge in [-0.25, -0.2) is 4.98 Å². The van der Waals surface area contributed by atoms with Gasteiger partial charge in [0.2, 0.25) is 0 Å². The summed E-state index contributed by atoms with van der Waals surface area (Å²) in [5, 5.41) is 3.66. The highest BCUT2D eigenvalue weighted by Gasteiger charge is 2.29. The molecule has 0 unspecified atom stereocenters. The van der Waals surface area contributed by atoms with Gasteiger partial charge in [0.15, 0.2) is 0 Å². The van der Waals surface area contributed by atoms with E-state index in [0.717, 1.165) is 11.7 Å². The summed E-state index contributed by atoms with van der Waals surface area (Å²) in [6.07, 6.45) is 8.48. The van der Waals surface area contributed by atoms with Gasteiger partial charge in [-0.2, -0.15) is 0 Å². The van der Waals surface area contributed by atoms with E-state index >= 15 is 0 Å². The Hall–Kier alpha value is -1.09. The topological polar surface area (TPSA) is 28.2 Å². The van der Waals surface area contributed by atoms with Crippen molar-refractivity contribution in [2.24, 2.45) is 5.92 Å². The first-order valence-electron chi connectivity index (χ1n) is 8.19. The zero-order chi connectivity index (χ0) is 13.9. The summed E-state index contributed by atoms with van der Waals surface area (Å²) < 4.78 is 0. The van der Waals surface area contributed by atoms with Crippen LogP contribution in [0.4, 0.5) is 5.82 Å². The van der Waals surface area contributed by atoms with Crippen LogP contribution in [-0.2, 0) is 0 Å². The number of nitrogens with zero attached hydrogens (tertiary/aromatic N) is 2. The van der Waals surface area contributed by atoms with Crippen molar-refractivity contribution < 1.29 is 0 Å². The highest BCUT2D eigenvalue weighted by atomic mass is 15.2. The molecule has 0 amide bonds. The normalized spacial score (nSPS) is 24.1. The second kappa shape index (κ2) is 6.13. The molecular formula is C17H27N3. The Morgan fingerprint density at radius 1 is 1.30 bits per heavy atom. The number of hydrogen-bond donors (Lipinski definition) is 1. The molecule has 1 aromatic heterocycles. The average Bonchev–Trinajstić information content (AvgIpc) is 2.81. The number of pyridine rings is 1. The van der Waals surface area contributed by atoms with Gasteiger partial charge in [0.1, 0.15) is 5.82 Å². The third kappa shape index (κ3) is 2.98. The summed E-state index contributed by atoms with van der Waals surface area (Å²) in [6.45, 7) is 7.06. The first-order valence-corrected chi connectivity index (χ1v) is 8.19. The van der Waals surface area contributed by atoms with E-state index in [1.807, 2.05) is 6.20 Å². The number of anilines is 1. The van der Waals surface area contributed by atoms with E-state index < -0.39 is 0 Å². The second-order valence-electron chi connectivity index (χ2n) is 6.76. The molecule has 1 N–H and O–H groups in total. The standard InChI is InChI=1S/C17H27N3/c1-13(2)12-20-11-5-9-16(20)15-8-4-10-18-17(15)19-14-6-3-7-14/h4,8,10,13-14,16H,3,5-7,9,11-12H2,1-2H3,(H,18,19)/t16-/m1/s1. The predicted molar refractivity (Wildman–Crippen MR) is 83.9 cm³/mol. The fraction of sp³-hybridized carbons (Fsp3) is 0.706. The Bertz CT molecular complexity index is 440. The Labute approximate surface area is 122 Å². The maximum absolute atomic E-state index is 4.62.